The standard InChI is InChI=1S/C21H16ClNO3S2/c22-16(11-14-7-3-1-4-8-14)13-18-19(24)23(21(27)28-18)17(20(25)26)12-15-9-5-2-6-10-15/h1-11,13,17H,12H2,(H,25,26)/b16-11-,18-13-. The average molecular weight is 430 g/mol. The Labute approximate surface area is 177 Å². The van der Waals surface area contributed by atoms with E-state index in [1.54, 1.807) is 6.08 Å². The van der Waals surface area contributed by atoms with E-state index in [0.29, 0.717) is 9.94 Å². The van der Waals surface area contributed by atoms with Crippen LogP contribution in [0.5, 0.6) is 0 Å². The van der Waals surface area contributed by atoms with Crippen LogP contribution in [0, 0.1) is 0 Å². The molecule has 7 heteroatoms. The molecule has 28 heavy (non-hydrogen) atoms. The molecular formula is C21H16ClNO3S2. The molecule has 1 heterocycles. The van der Waals surface area contributed by atoms with E-state index in [-0.39, 0.29) is 10.7 Å². The number of benzene rings is 2. The molecule has 1 N–H and O–H groups in total. The molecule has 1 atom stereocenters. The molecule has 0 bridgehead atoms. The van der Waals surface area contributed by atoms with Crippen molar-refractivity contribution in [1.82, 2.24) is 4.90 Å². The van der Waals surface area contributed by atoms with E-state index >= 15 is 0 Å². The first-order valence-corrected chi connectivity index (χ1v) is 10.0. The highest BCUT2D eigenvalue weighted by molar-refractivity contribution is 8.26. The third-order valence-electron chi connectivity index (χ3n) is 4.07. The van der Waals surface area contributed by atoms with Crippen LogP contribution < -0.4 is 0 Å². The Morgan fingerprint density at radius 2 is 1.75 bits per heavy atom. The maximum atomic E-state index is 12.8. The van der Waals surface area contributed by atoms with Crippen molar-refractivity contribution in [3.63, 3.8) is 0 Å². The predicted molar refractivity (Wildman–Crippen MR) is 117 cm³/mol. The van der Waals surface area contributed by atoms with Gasteiger partial charge in [-0.2, -0.15) is 0 Å². The number of hydrogen-bond donors (Lipinski definition) is 1. The molecular weight excluding hydrogens is 414 g/mol. The van der Waals surface area contributed by atoms with Gasteiger partial charge < -0.3 is 5.11 Å². The third kappa shape index (κ3) is 4.90. The van der Waals surface area contributed by atoms with E-state index in [1.807, 2.05) is 60.7 Å². The fourth-order valence-electron chi connectivity index (χ4n) is 2.75. The molecule has 0 saturated carbocycles. The highest BCUT2D eigenvalue weighted by Gasteiger charge is 2.40. The van der Waals surface area contributed by atoms with Gasteiger partial charge in [0.25, 0.3) is 5.91 Å². The average Bonchev–Trinajstić information content (AvgIpc) is 2.94. The first-order chi connectivity index (χ1) is 13.5. The number of amides is 1. The van der Waals surface area contributed by atoms with Gasteiger partial charge in [-0.05, 0) is 23.3 Å². The number of carbonyl (C=O) groups excluding carboxylic acids is 1. The molecule has 2 aromatic rings. The molecule has 0 spiro atoms. The smallest absolute Gasteiger partial charge is 0.327 e. The van der Waals surface area contributed by atoms with E-state index in [1.165, 1.54) is 6.08 Å². The molecule has 3 rings (SSSR count). The van der Waals surface area contributed by atoms with Crippen LogP contribution in [0.2, 0.25) is 0 Å². The largest absolute Gasteiger partial charge is 0.480 e. The highest BCUT2D eigenvalue weighted by atomic mass is 35.5. The summed E-state index contributed by atoms with van der Waals surface area (Å²) >= 11 is 12.6. The van der Waals surface area contributed by atoms with Crippen LogP contribution in [0.1, 0.15) is 11.1 Å². The van der Waals surface area contributed by atoms with E-state index < -0.39 is 17.9 Å². The van der Waals surface area contributed by atoms with Gasteiger partial charge in [0, 0.05) is 11.5 Å². The highest BCUT2D eigenvalue weighted by Crippen LogP contribution is 2.34. The normalized spacial score (nSPS) is 17.2. The predicted octanol–water partition coefficient (Wildman–Crippen LogP) is 4.71. The molecule has 1 fully saturated rings. The van der Waals surface area contributed by atoms with Crippen molar-refractivity contribution in [3.05, 3.63) is 87.8 Å². The van der Waals surface area contributed by atoms with Gasteiger partial charge in [-0.15, -0.1) is 0 Å². The van der Waals surface area contributed by atoms with Crippen molar-refractivity contribution in [1.29, 1.82) is 0 Å². The number of carboxylic acids is 1. The van der Waals surface area contributed by atoms with Gasteiger partial charge in [-0.25, -0.2) is 4.79 Å². The molecule has 0 aliphatic carbocycles. The quantitative estimate of drug-likeness (QED) is 0.532. The second-order valence-corrected chi connectivity index (χ2v) is 8.15. The summed E-state index contributed by atoms with van der Waals surface area (Å²) in [5.41, 5.74) is 1.71. The molecule has 1 amide bonds. The number of hydrogen-bond acceptors (Lipinski definition) is 4. The summed E-state index contributed by atoms with van der Waals surface area (Å²) in [6, 6.07) is 17.5. The van der Waals surface area contributed by atoms with Gasteiger partial charge in [-0.3, -0.25) is 9.69 Å². The lowest BCUT2D eigenvalue weighted by atomic mass is 10.0. The molecule has 142 valence electrons. The minimum absolute atomic E-state index is 0.170. The second-order valence-electron chi connectivity index (χ2n) is 6.04. The maximum absolute atomic E-state index is 12.8. The van der Waals surface area contributed by atoms with Crippen molar-refractivity contribution < 1.29 is 14.7 Å². The molecule has 1 aliphatic heterocycles. The summed E-state index contributed by atoms with van der Waals surface area (Å²) in [6.45, 7) is 0. The van der Waals surface area contributed by atoms with Crippen molar-refractivity contribution in [2.24, 2.45) is 0 Å². The number of thiocarbonyl (C=S) groups is 1. The molecule has 0 aromatic heterocycles. The SMILES string of the molecule is O=C(O)C(Cc1ccccc1)N1C(=O)/C(=C/C(Cl)=C/c2ccccc2)SC1=S. The molecule has 2 aromatic carbocycles. The van der Waals surface area contributed by atoms with Gasteiger partial charge in [0.1, 0.15) is 10.4 Å². The fourth-order valence-corrected chi connectivity index (χ4v) is 4.40. The van der Waals surface area contributed by atoms with Crippen molar-refractivity contribution in [2.75, 3.05) is 0 Å². The Kier molecular flexibility index (Phi) is 6.67. The molecule has 1 unspecified atom stereocenters. The summed E-state index contributed by atoms with van der Waals surface area (Å²) in [7, 11) is 0. The van der Waals surface area contributed by atoms with Crippen LogP contribution in [0.4, 0.5) is 0 Å². The number of aliphatic carboxylic acids is 1. The van der Waals surface area contributed by atoms with Crippen molar-refractivity contribution in [3.8, 4) is 0 Å². The minimum atomic E-state index is -1.10. The van der Waals surface area contributed by atoms with Gasteiger partial charge >= 0.3 is 5.97 Å². The lowest BCUT2D eigenvalue weighted by molar-refractivity contribution is -0.145. The number of halogens is 1. The van der Waals surface area contributed by atoms with Crippen LogP contribution in [0.25, 0.3) is 6.08 Å². The van der Waals surface area contributed by atoms with Gasteiger partial charge in [-0.1, -0.05) is 96.2 Å². The zero-order valence-electron chi connectivity index (χ0n) is 14.6. The monoisotopic (exact) mass is 429 g/mol. The van der Waals surface area contributed by atoms with Crippen molar-refractivity contribution in [2.45, 2.75) is 12.5 Å². The Bertz CT molecular complexity index is 958. The second kappa shape index (κ2) is 9.19. The number of thioether (sulfide) groups is 1. The number of nitrogens with zero attached hydrogens (tertiary/aromatic N) is 1. The summed E-state index contributed by atoms with van der Waals surface area (Å²) in [5.74, 6) is -1.55. The topological polar surface area (TPSA) is 57.6 Å². The van der Waals surface area contributed by atoms with E-state index in [9.17, 15) is 14.7 Å². The van der Waals surface area contributed by atoms with Crippen molar-refractivity contribution >= 4 is 57.9 Å². The summed E-state index contributed by atoms with van der Waals surface area (Å²) in [4.78, 5) is 26.1. The van der Waals surface area contributed by atoms with Crippen LogP contribution in [0.3, 0.4) is 0 Å². The van der Waals surface area contributed by atoms with Crippen LogP contribution >= 0.6 is 35.6 Å². The van der Waals surface area contributed by atoms with Gasteiger partial charge in [0.05, 0.1) is 4.91 Å². The van der Waals surface area contributed by atoms with E-state index in [2.05, 4.69) is 0 Å². The summed E-state index contributed by atoms with van der Waals surface area (Å²) in [5, 5.41) is 10.0. The zero-order chi connectivity index (χ0) is 20.1. The molecule has 4 nitrogen and oxygen atoms in total. The third-order valence-corrected chi connectivity index (χ3v) is 5.61. The first kappa shape index (κ1) is 20.3. The van der Waals surface area contributed by atoms with E-state index in [4.69, 9.17) is 23.8 Å². The number of allylic oxidation sites excluding steroid dienone is 2. The Hall–Kier alpha value is -2.41. The summed E-state index contributed by atoms with van der Waals surface area (Å²) in [6.07, 6.45) is 3.42. The fraction of sp³-hybridized carbons (Fsp3) is 0.0952. The Morgan fingerprint density at radius 3 is 2.36 bits per heavy atom. The molecule has 1 aliphatic rings. The Morgan fingerprint density at radius 1 is 1.14 bits per heavy atom. The number of rotatable bonds is 6. The van der Waals surface area contributed by atoms with Crippen LogP contribution in [-0.4, -0.2) is 32.2 Å². The maximum Gasteiger partial charge on any atom is 0.327 e. The van der Waals surface area contributed by atoms with Crippen LogP contribution in [0.15, 0.2) is 76.7 Å². The number of carboxylic acid groups (broad SMARTS) is 1. The summed E-state index contributed by atoms with van der Waals surface area (Å²) < 4.78 is 0.212. The minimum Gasteiger partial charge on any atom is -0.480 e. The lowest BCUT2D eigenvalue weighted by Crippen LogP contribution is -2.45. The van der Waals surface area contributed by atoms with Gasteiger partial charge in [0.2, 0.25) is 0 Å². The number of carbonyl (C=O) groups is 2. The Balaban J connectivity index is 1.83. The van der Waals surface area contributed by atoms with Gasteiger partial charge in [0.15, 0.2) is 0 Å². The molecule has 1 saturated heterocycles. The van der Waals surface area contributed by atoms with Crippen LogP contribution in [-0.2, 0) is 16.0 Å². The molecule has 0 radical (unpaired) electrons. The van der Waals surface area contributed by atoms with E-state index in [0.717, 1.165) is 27.8 Å². The lowest BCUT2D eigenvalue weighted by Gasteiger charge is -2.23. The first-order valence-electron chi connectivity index (χ1n) is 8.42. The zero-order valence-corrected chi connectivity index (χ0v) is 17.0.